The molecule has 0 saturated heterocycles. The van der Waals surface area contributed by atoms with Gasteiger partial charge in [-0.15, -0.1) is 0 Å². The SMILES string of the molecule is CCc1ccccc1N=CC=CN. The third-order valence-electron chi connectivity index (χ3n) is 1.78. The average molecular weight is 174 g/mol. The van der Waals surface area contributed by atoms with Crippen LogP contribution in [0.5, 0.6) is 0 Å². The first-order valence-corrected chi connectivity index (χ1v) is 4.37. The van der Waals surface area contributed by atoms with Crippen LogP contribution in [0.1, 0.15) is 12.5 Å². The second-order valence-electron chi connectivity index (χ2n) is 2.65. The van der Waals surface area contributed by atoms with E-state index in [0.717, 1.165) is 12.1 Å². The zero-order valence-electron chi connectivity index (χ0n) is 7.77. The third kappa shape index (κ3) is 2.75. The van der Waals surface area contributed by atoms with Crippen LogP contribution in [0.25, 0.3) is 0 Å². The summed E-state index contributed by atoms with van der Waals surface area (Å²) in [6, 6.07) is 8.09. The first-order valence-electron chi connectivity index (χ1n) is 4.37. The molecule has 0 spiro atoms. The molecule has 0 radical (unpaired) electrons. The molecule has 2 nitrogen and oxygen atoms in total. The van der Waals surface area contributed by atoms with Gasteiger partial charge >= 0.3 is 0 Å². The Morgan fingerprint density at radius 3 is 2.85 bits per heavy atom. The predicted octanol–water partition coefficient (Wildman–Crippen LogP) is 2.42. The molecule has 0 saturated carbocycles. The maximum absolute atomic E-state index is 5.19. The van der Waals surface area contributed by atoms with E-state index in [1.54, 1.807) is 12.3 Å². The minimum atomic E-state index is 1.000. The van der Waals surface area contributed by atoms with Gasteiger partial charge in [-0.3, -0.25) is 4.99 Å². The van der Waals surface area contributed by atoms with E-state index in [1.807, 2.05) is 18.2 Å². The van der Waals surface area contributed by atoms with Gasteiger partial charge in [0.25, 0.3) is 0 Å². The van der Waals surface area contributed by atoms with E-state index in [0.29, 0.717) is 0 Å². The summed E-state index contributed by atoms with van der Waals surface area (Å²) >= 11 is 0. The minimum absolute atomic E-state index is 1.000. The fourth-order valence-corrected chi connectivity index (χ4v) is 1.11. The Morgan fingerprint density at radius 1 is 1.38 bits per heavy atom. The van der Waals surface area contributed by atoms with Gasteiger partial charge in [-0.1, -0.05) is 25.1 Å². The molecule has 0 aliphatic heterocycles. The number of benzene rings is 1. The van der Waals surface area contributed by atoms with Crippen molar-refractivity contribution in [2.45, 2.75) is 13.3 Å². The number of nitrogens with zero attached hydrogens (tertiary/aromatic N) is 1. The highest BCUT2D eigenvalue weighted by atomic mass is 14.7. The van der Waals surface area contributed by atoms with E-state index >= 15 is 0 Å². The van der Waals surface area contributed by atoms with Crippen LogP contribution < -0.4 is 5.73 Å². The third-order valence-corrected chi connectivity index (χ3v) is 1.78. The number of para-hydroxylation sites is 1. The van der Waals surface area contributed by atoms with Crippen molar-refractivity contribution in [1.82, 2.24) is 0 Å². The molecule has 1 aromatic rings. The highest BCUT2D eigenvalue weighted by Gasteiger charge is 1.94. The largest absolute Gasteiger partial charge is 0.405 e. The summed E-state index contributed by atoms with van der Waals surface area (Å²) in [5.41, 5.74) is 7.46. The maximum Gasteiger partial charge on any atom is 0.0661 e. The molecule has 0 bridgehead atoms. The van der Waals surface area contributed by atoms with Crippen LogP contribution in [-0.4, -0.2) is 6.21 Å². The van der Waals surface area contributed by atoms with Gasteiger partial charge in [-0.25, -0.2) is 0 Å². The Morgan fingerprint density at radius 2 is 2.15 bits per heavy atom. The summed E-state index contributed by atoms with van der Waals surface area (Å²) in [4.78, 5) is 4.27. The van der Waals surface area contributed by atoms with Crippen LogP contribution in [0.2, 0.25) is 0 Å². The minimum Gasteiger partial charge on any atom is -0.405 e. The average Bonchev–Trinajstić information content (AvgIpc) is 2.19. The van der Waals surface area contributed by atoms with Gasteiger partial charge < -0.3 is 5.73 Å². The van der Waals surface area contributed by atoms with Crippen molar-refractivity contribution in [3.05, 3.63) is 42.1 Å². The summed E-state index contributed by atoms with van der Waals surface area (Å²) in [5, 5.41) is 0. The highest BCUT2D eigenvalue weighted by Crippen LogP contribution is 2.18. The number of allylic oxidation sites excluding steroid dienone is 1. The number of hydrogen-bond acceptors (Lipinski definition) is 2. The molecule has 13 heavy (non-hydrogen) atoms. The summed E-state index contributed by atoms with van der Waals surface area (Å²) in [5.74, 6) is 0. The van der Waals surface area contributed by atoms with Crippen molar-refractivity contribution in [2.24, 2.45) is 10.7 Å². The normalized spacial score (nSPS) is 11.5. The second-order valence-corrected chi connectivity index (χ2v) is 2.65. The van der Waals surface area contributed by atoms with E-state index in [1.165, 1.54) is 11.8 Å². The fourth-order valence-electron chi connectivity index (χ4n) is 1.11. The van der Waals surface area contributed by atoms with Crippen LogP contribution in [-0.2, 0) is 6.42 Å². The van der Waals surface area contributed by atoms with E-state index in [4.69, 9.17) is 5.73 Å². The summed E-state index contributed by atoms with van der Waals surface area (Å²) in [6.45, 7) is 2.12. The lowest BCUT2D eigenvalue weighted by Crippen LogP contribution is -1.81. The molecule has 0 heterocycles. The Kier molecular flexibility index (Phi) is 3.76. The Bertz CT molecular complexity index is 314. The first kappa shape index (κ1) is 9.52. The van der Waals surface area contributed by atoms with Crippen LogP contribution in [0.3, 0.4) is 0 Å². The van der Waals surface area contributed by atoms with Crippen LogP contribution >= 0.6 is 0 Å². The van der Waals surface area contributed by atoms with E-state index in [9.17, 15) is 0 Å². The molecular formula is C11H14N2. The van der Waals surface area contributed by atoms with Gasteiger partial charge in [-0.05, 0) is 30.3 Å². The standard InChI is InChI=1S/C11H14N2/c1-2-10-6-3-4-7-11(10)13-9-5-8-12/h3-9H,2,12H2,1H3. The lowest BCUT2D eigenvalue weighted by molar-refractivity contribution is 1.13. The lowest BCUT2D eigenvalue weighted by atomic mass is 10.1. The van der Waals surface area contributed by atoms with Crippen LogP contribution in [0.4, 0.5) is 5.69 Å². The number of nitrogens with two attached hydrogens (primary N) is 1. The van der Waals surface area contributed by atoms with Crippen molar-refractivity contribution in [2.75, 3.05) is 0 Å². The van der Waals surface area contributed by atoms with Gasteiger partial charge in [0.2, 0.25) is 0 Å². The van der Waals surface area contributed by atoms with Crippen molar-refractivity contribution in [1.29, 1.82) is 0 Å². The zero-order chi connectivity index (χ0) is 9.52. The van der Waals surface area contributed by atoms with Gasteiger partial charge in [0, 0.05) is 6.21 Å². The summed E-state index contributed by atoms with van der Waals surface area (Å²) in [7, 11) is 0. The molecule has 0 aromatic heterocycles. The number of aryl methyl sites for hydroxylation is 1. The van der Waals surface area contributed by atoms with Crippen LogP contribution in [0.15, 0.2) is 41.5 Å². The molecule has 0 atom stereocenters. The molecule has 1 aromatic carbocycles. The molecule has 2 N–H and O–H groups in total. The molecule has 2 heteroatoms. The molecule has 0 fully saturated rings. The molecule has 68 valence electrons. The Balaban J connectivity index is 2.86. The summed E-state index contributed by atoms with van der Waals surface area (Å²) < 4.78 is 0. The van der Waals surface area contributed by atoms with Gasteiger partial charge in [0.1, 0.15) is 0 Å². The molecular weight excluding hydrogens is 160 g/mol. The highest BCUT2D eigenvalue weighted by molar-refractivity contribution is 5.74. The number of rotatable bonds is 3. The number of aliphatic imine (C=N–C) groups is 1. The molecule has 0 unspecified atom stereocenters. The van der Waals surface area contributed by atoms with Crippen molar-refractivity contribution in [3.8, 4) is 0 Å². The van der Waals surface area contributed by atoms with Crippen molar-refractivity contribution < 1.29 is 0 Å². The quantitative estimate of drug-likeness (QED) is 0.702. The van der Waals surface area contributed by atoms with Gasteiger partial charge in [0.15, 0.2) is 0 Å². The lowest BCUT2D eigenvalue weighted by Gasteiger charge is -1.99. The van der Waals surface area contributed by atoms with Crippen LogP contribution in [0, 0.1) is 0 Å². The van der Waals surface area contributed by atoms with Gasteiger partial charge in [-0.2, -0.15) is 0 Å². The fraction of sp³-hybridized carbons (Fsp3) is 0.182. The molecule has 0 amide bonds. The van der Waals surface area contributed by atoms with E-state index < -0.39 is 0 Å². The molecule has 0 aliphatic carbocycles. The van der Waals surface area contributed by atoms with Crippen molar-refractivity contribution in [3.63, 3.8) is 0 Å². The van der Waals surface area contributed by atoms with E-state index in [-0.39, 0.29) is 0 Å². The predicted molar refractivity (Wildman–Crippen MR) is 57.3 cm³/mol. The monoisotopic (exact) mass is 174 g/mol. The second kappa shape index (κ2) is 5.14. The van der Waals surface area contributed by atoms with E-state index in [2.05, 4.69) is 18.0 Å². The molecule has 0 aliphatic rings. The smallest absolute Gasteiger partial charge is 0.0661 e. The number of hydrogen-bond donors (Lipinski definition) is 1. The molecule has 1 rings (SSSR count). The Hall–Kier alpha value is -1.57. The first-order chi connectivity index (χ1) is 6.38. The topological polar surface area (TPSA) is 38.4 Å². The van der Waals surface area contributed by atoms with Gasteiger partial charge in [0.05, 0.1) is 5.69 Å². The zero-order valence-corrected chi connectivity index (χ0v) is 7.77. The maximum atomic E-state index is 5.19. The summed E-state index contributed by atoms with van der Waals surface area (Å²) in [6.07, 6.45) is 5.89. The van der Waals surface area contributed by atoms with Crippen molar-refractivity contribution >= 4 is 11.9 Å². The Labute approximate surface area is 78.8 Å².